The first-order valence-electron chi connectivity index (χ1n) is 9.52. The van der Waals surface area contributed by atoms with Gasteiger partial charge in [0.25, 0.3) is 11.2 Å². The molecule has 2 aromatic heterocycles. The molecule has 10 heteroatoms. The van der Waals surface area contributed by atoms with E-state index in [4.69, 9.17) is 4.74 Å². The van der Waals surface area contributed by atoms with Gasteiger partial charge >= 0.3 is 11.7 Å². The Balaban J connectivity index is 1.65. The maximum atomic E-state index is 13.2. The van der Waals surface area contributed by atoms with Crippen molar-refractivity contribution in [1.29, 1.82) is 0 Å². The van der Waals surface area contributed by atoms with Crippen molar-refractivity contribution >= 4 is 33.2 Å². The van der Waals surface area contributed by atoms with E-state index in [0.717, 1.165) is 21.5 Å². The molecule has 0 fully saturated rings. The number of rotatable bonds is 6. The van der Waals surface area contributed by atoms with Crippen LogP contribution in [0.2, 0.25) is 0 Å². The minimum absolute atomic E-state index is 0.0659. The molecule has 0 N–H and O–H groups in total. The molecule has 0 saturated carbocycles. The van der Waals surface area contributed by atoms with E-state index < -0.39 is 22.1 Å². The van der Waals surface area contributed by atoms with Crippen molar-refractivity contribution < 1.29 is 14.5 Å². The van der Waals surface area contributed by atoms with Crippen molar-refractivity contribution in [3.63, 3.8) is 0 Å². The lowest BCUT2D eigenvalue weighted by Gasteiger charge is -2.09. The van der Waals surface area contributed by atoms with Gasteiger partial charge in [-0.3, -0.25) is 24.0 Å². The summed E-state index contributed by atoms with van der Waals surface area (Å²) in [4.78, 5) is 49.2. The predicted octanol–water partition coefficient (Wildman–Crippen LogP) is 3.08. The van der Waals surface area contributed by atoms with Crippen molar-refractivity contribution in [3.8, 4) is 0 Å². The molecule has 0 unspecified atom stereocenters. The van der Waals surface area contributed by atoms with Gasteiger partial charge in [-0.05, 0) is 23.3 Å². The summed E-state index contributed by atoms with van der Waals surface area (Å²) in [6.07, 6.45) is 0. The maximum Gasteiger partial charge on any atom is 0.340 e. The van der Waals surface area contributed by atoms with Gasteiger partial charge in [0.15, 0.2) is 0 Å². The standard InChI is InChI=1S/C22H17N3O6S/c1-23-20-18(19(26)24(22(23)28)11-14-5-3-2-4-6-14)17(13-32-20)21(27)31-12-15-7-9-16(10-8-15)25(29)30/h2-10,13H,11-12H2,1H3. The molecule has 2 aromatic carbocycles. The fourth-order valence-electron chi connectivity index (χ4n) is 3.29. The van der Waals surface area contributed by atoms with Crippen LogP contribution in [0.5, 0.6) is 0 Å². The Morgan fingerprint density at radius 3 is 2.41 bits per heavy atom. The first-order valence-corrected chi connectivity index (χ1v) is 10.4. The Kier molecular flexibility index (Phi) is 5.69. The molecule has 4 rings (SSSR count). The number of fused-ring (bicyclic) bond motifs is 1. The number of carbonyl (C=O) groups is 1. The number of nitro groups is 1. The molecule has 2 heterocycles. The van der Waals surface area contributed by atoms with E-state index >= 15 is 0 Å². The monoisotopic (exact) mass is 451 g/mol. The molecule has 0 spiro atoms. The molecule has 9 nitrogen and oxygen atoms in total. The number of benzene rings is 2. The van der Waals surface area contributed by atoms with Gasteiger partial charge in [0.05, 0.1) is 22.4 Å². The Labute approximate surface area is 184 Å². The number of nitrogens with zero attached hydrogens (tertiary/aromatic N) is 3. The minimum atomic E-state index is -0.711. The quantitative estimate of drug-likeness (QED) is 0.253. The lowest BCUT2D eigenvalue weighted by molar-refractivity contribution is -0.384. The van der Waals surface area contributed by atoms with E-state index in [-0.39, 0.29) is 29.8 Å². The molecule has 0 radical (unpaired) electrons. The molecule has 32 heavy (non-hydrogen) atoms. The van der Waals surface area contributed by atoms with Crippen LogP contribution in [-0.2, 0) is 24.9 Å². The Morgan fingerprint density at radius 2 is 1.75 bits per heavy atom. The molecule has 0 aliphatic carbocycles. The van der Waals surface area contributed by atoms with E-state index in [0.29, 0.717) is 10.4 Å². The van der Waals surface area contributed by atoms with Crippen LogP contribution < -0.4 is 11.2 Å². The molecule has 0 aliphatic heterocycles. The van der Waals surface area contributed by atoms with Gasteiger partial charge < -0.3 is 4.74 Å². The van der Waals surface area contributed by atoms with Crippen molar-refractivity contribution in [2.24, 2.45) is 7.05 Å². The molecule has 0 saturated heterocycles. The average Bonchev–Trinajstić information content (AvgIpc) is 3.25. The Morgan fingerprint density at radius 1 is 1.06 bits per heavy atom. The smallest absolute Gasteiger partial charge is 0.340 e. The topological polar surface area (TPSA) is 113 Å². The zero-order valence-corrected chi connectivity index (χ0v) is 17.7. The first kappa shape index (κ1) is 21.2. The average molecular weight is 451 g/mol. The number of hydrogen-bond donors (Lipinski definition) is 0. The largest absolute Gasteiger partial charge is 0.457 e. The zero-order valence-electron chi connectivity index (χ0n) is 16.9. The number of carbonyl (C=O) groups excluding carboxylic acids is 1. The zero-order chi connectivity index (χ0) is 22.8. The van der Waals surface area contributed by atoms with E-state index in [1.165, 1.54) is 34.2 Å². The maximum absolute atomic E-state index is 13.2. The SMILES string of the molecule is Cn1c(=O)n(Cc2ccccc2)c(=O)c2c(C(=O)OCc3ccc([N+](=O)[O-])cc3)csc21. The van der Waals surface area contributed by atoms with Gasteiger partial charge in [-0.15, -0.1) is 11.3 Å². The highest BCUT2D eigenvalue weighted by Crippen LogP contribution is 2.23. The van der Waals surface area contributed by atoms with Crippen LogP contribution in [0, 0.1) is 10.1 Å². The molecule has 4 aromatic rings. The van der Waals surface area contributed by atoms with E-state index in [1.807, 2.05) is 30.3 Å². The highest BCUT2D eigenvalue weighted by Gasteiger charge is 2.21. The second-order valence-corrected chi connectivity index (χ2v) is 7.91. The van der Waals surface area contributed by atoms with Crippen LogP contribution in [0.15, 0.2) is 69.6 Å². The van der Waals surface area contributed by atoms with Crippen LogP contribution in [0.3, 0.4) is 0 Å². The van der Waals surface area contributed by atoms with Gasteiger partial charge in [-0.2, -0.15) is 0 Å². The van der Waals surface area contributed by atoms with Crippen molar-refractivity contribution in [2.45, 2.75) is 13.2 Å². The van der Waals surface area contributed by atoms with Gasteiger partial charge in [0.1, 0.15) is 11.4 Å². The van der Waals surface area contributed by atoms with Crippen LogP contribution >= 0.6 is 11.3 Å². The second kappa shape index (κ2) is 8.60. The van der Waals surface area contributed by atoms with Crippen molar-refractivity contribution in [2.75, 3.05) is 0 Å². The fourth-order valence-corrected chi connectivity index (χ4v) is 4.28. The van der Waals surface area contributed by atoms with E-state index in [9.17, 15) is 24.5 Å². The highest BCUT2D eigenvalue weighted by atomic mass is 32.1. The van der Waals surface area contributed by atoms with E-state index in [2.05, 4.69) is 0 Å². The van der Waals surface area contributed by atoms with Gasteiger partial charge in [-0.1, -0.05) is 30.3 Å². The molecule has 0 aliphatic rings. The molecular formula is C22H17N3O6S. The third kappa shape index (κ3) is 3.95. The van der Waals surface area contributed by atoms with Gasteiger partial charge in [0.2, 0.25) is 0 Å². The fraction of sp³-hybridized carbons (Fsp3) is 0.136. The molecule has 162 valence electrons. The summed E-state index contributed by atoms with van der Waals surface area (Å²) < 4.78 is 7.77. The van der Waals surface area contributed by atoms with Gasteiger partial charge in [-0.25, -0.2) is 9.59 Å². The minimum Gasteiger partial charge on any atom is -0.457 e. The first-order chi connectivity index (χ1) is 15.4. The second-order valence-electron chi connectivity index (χ2n) is 7.05. The lowest BCUT2D eigenvalue weighted by Crippen LogP contribution is -2.39. The Bertz CT molecular complexity index is 1440. The number of aromatic nitrogens is 2. The number of ether oxygens (including phenoxy) is 1. The van der Waals surface area contributed by atoms with Gasteiger partial charge in [0, 0.05) is 24.6 Å². The molecule has 0 amide bonds. The molecule has 0 atom stereocenters. The summed E-state index contributed by atoms with van der Waals surface area (Å²) in [6.45, 7) is -0.0342. The third-order valence-electron chi connectivity index (χ3n) is 4.97. The molecular weight excluding hydrogens is 434 g/mol. The summed E-state index contributed by atoms with van der Waals surface area (Å²) >= 11 is 1.11. The number of non-ortho nitro benzene ring substituents is 1. The van der Waals surface area contributed by atoms with Crippen LogP contribution in [0.1, 0.15) is 21.5 Å². The molecule has 0 bridgehead atoms. The van der Waals surface area contributed by atoms with Crippen LogP contribution in [-0.4, -0.2) is 20.0 Å². The number of nitro benzene ring substituents is 1. The third-order valence-corrected chi connectivity index (χ3v) is 6.03. The van der Waals surface area contributed by atoms with Crippen LogP contribution in [0.4, 0.5) is 5.69 Å². The number of esters is 1. The summed E-state index contributed by atoms with van der Waals surface area (Å²) in [5, 5.41) is 12.4. The summed E-state index contributed by atoms with van der Waals surface area (Å²) in [5.41, 5.74) is 0.327. The van der Waals surface area contributed by atoms with Crippen molar-refractivity contribution in [3.05, 3.63) is 108 Å². The number of aryl methyl sites for hydroxylation is 1. The predicted molar refractivity (Wildman–Crippen MR) is 119 cm³/mol. The Hall–Kier alpha value is -4.05. The van der Waals surface area contributed by atoms with Crippen LogP contribution in [0.25, 0.3) is 10.2 Å². The lowest BCUT2D eigenvalue weighted by atomic mass is 10.2. The number of thiophene rings is 1. The van der Waals surface area contributed by atoms with E-state index in [1.54, 1.807) is 7.05 Å². The number of hydrogen-bond acceptors (Lipinski definition) is 7. The summed E-state index contributed by atoms with van der Waals surface area (Å²) in [7, 11) is 1.55. The van der Waals surface area contributed by atoms with Crippen molar-refractivity contribution in [1.82, 2.24) is 9.13 Å². The normalized spacial score (nSPS) is 10.9. The highest BCUT2D eigenvalue weighted by molar-refractivity contribution is 7.17. The summed E-state index contributed by atoms with van der Waals surface area (Å²) in [6, 6.07) is 14.7. The summed E-state index contributed by atoms with van der Waals surface area (Å²) in [5.74, 6) is -0.711.